The quantitative estimate of drug-likeness (QED) is 0.809. The molecule has 0 fully saturated rings. The van der Waals surface area contributed by atoms with Gasteiger partial charge in [0.1, 0.15) is 6.10 Å². The predicted molar refractivity (Wildman–Crippen MR) is 74.7 cm³/mol. The molecule has 0 aliphatic heterocycles. The Labute approximate surface area is 112 Å². The number of carbonyl (C=O) groups excluding carboxylic acids is 1. The van der Waals surface area contributed by atoms with Crippen LogP contribution >= 0.6 is 11.6 Å². The molecule has 1 amide bonds. The fraction of sp³-hybridized carbons (Fsp3) is 0.462. The van der Waals surface area contributed by atoms with Crippen LogP contribution in [0.5, 0.6) is 0 Å². The maximum Gasteiger partial charge on any atom is 0.253 e. The van der Waals surface area contributed by atoms with Crippen molar-refractivity contribution < 1.29 is 9.53 Å². The molecule has 0 spiro atoms. The van der Waals surface area contributed by atoms with Crippen molar-refractivity contribution in [2.45, 2.75) is 26.9 Å². The monoisotopic (exact) mass is 270 g/mol. The van der Waals surface area contributed by atoms with Crippen molar-refractivity contribution in [3.05, 3.63) is 23.2 Å². The van der Waals surface area contributed by atoms with Crippen molar-refractivity contribution in [1.29, 1.82) is 0 Å². The maximum atomic E-state index is 11.9. The summed E-state index contributed by atoms with van der Waals surface area (Å²) in [5, 5.41) is 3.22. The molecule has 0 heterocycles. The van der Waals surface area contributed by atoms with Crippen LogP contribution in [0.25, 0.3) is 0 Å². The third kappa shape index (κ3) is 4.55. The Morgan fingerprint density at radius 1 is 1.44 bits per heavy atom. The van der Waals surface area contributed by atoms with Crippen LogP contribution in [0.15, 0.2) is 18.2 Å². The Balaban J connectivity index is 2.61. The van der Waals surface area contributed by atoms with Gasteiger partial charge in [0.05, 0.1) is 11.4 Å². The van der Waals surface area contributed by atoms with E-state index in [-0.39, 0.29) is 5.91 Å². The molecule has 0 aliphatic rings. The van der Waals surface area contributed by atoms with E-state index in [1.54, 1.807) is 25.1 Å². The first kappa shape index (κ1) is 14.8. The average Bonchev–Trinajstić information content (AvgIpc) is 2.30. The average molecular weight is 271 g/mol. The van der Waals surface area contributed by atoms with Gasteiger partial charge in [-0.15, -0.1) is 0 Å². The van der Waals surface area contributed by atoms with E-state index in [1.807, 2.05) is 13.8 Å². The van der Waals surface area contributed by atoms with Crippen molar-refractivity contribution in [1.82, 2.24) is 0 Å². The SMILES string of the molecule is CC(C)COC(C)C(=O)Nc1cc(Cl)ccc1N. The van der Waals surface area contributed by atoms with Gasteiger partial charge in [-0.25, -0.2) is 0 Å². The van der Waals surface area contributed by atoms with Gasteiger partial charge in [-0.3, -0.25) is 4.79 Å². The van der Waals surface area contributed by atoms with Crippen LogP contribution in [0, 0.1) is 5.92 Å². The van der Waals surface area contributed by atoms with Gasteiger partial charge >= 0.3 is 0 Å². The van der Waals surface area contributed by atoms with Crippen LogP contribution in [0.3, 0.4) is 0 Å². The molecule has 0 radical (unpaired) electrons. The van der Waals surface area contributed by atoms with Crippen LogP contribution in [-0.4, -0.2) is 18.6 Å². The third-order valence-electron chi connectivity index (χ3n) is 2.32. The first-order valence-corrected chi connectivity index (χ1v) is 6.25. The Bertz CT molecular complexity index is 421. The largest absolute Gasteiger partial charge is 0.397 e. The number of ether oxygens (including phenoxy) is 1. The first-order chi connectivity index (χ1) is 8.40. The number of nitrogens with one attached hydrogen (secondary N) is 1. The highest BCUT2D eigenvalue weighted by atomic mass is 35.5. The molecule has 3 N–H and O–H groups in total. The third-order valence-corrected chi connectivity index (χ3v) is 2.56. The van der Waals surface area contributed by atoms with E-state index in [1.165, 1.54) is 0 Å². The zero-order chi connectivity index (χ0) is 13.7. The minimum Gasteiger partial charge on any atom is -0.397 e. The second-order valence-electron chi connectivity index (χ2n) is 4.59. The summed E-state index contributed by atoms with van der Waals surface area (Å²) in [5.74, 6) is 0.154. The lowest BCUT2D eigenvalue weighted by Crippen LogP contribution is -2.29. The van der Waals surface area contributed by atoms with Gasteiger partial charge in [0.2, 0.25) is 0 Å². The van der Waals surface area contributed by atoms with Gasteiger partial charge in [-0.1, -0.05) is 25.4 Å². The fourth-order valence-electron chi connectivity index (χ4n) is 1.28. The summed E-state index contributed by atoms with van der Waals surface area (Å²) in [6.45, 7) is 6.30. The molecule has 4 nitrogen and oxygen atoms in total. The lowest BCUT2D eigenvalue weighted by atomic mass is 10.2. The van der Waals surface area contributed by atoms with E-state index < -0.39 is 6.10 Å². The molecule has 5 heteroatoms. The van der Waals surface area contributed by atoms with Crippen LogP contribution < -0.4 is 11.1 Å². The number of hydrogen-bond acceptors (Lipinski definition) is 3. The molecule has 1 unspecified atom stereocenters. The van der Waals surface area contributed by atoms with Gasteiger partial charge < -0.3 is 15.8 Å². The Hall–Kier alpha value is -1.26. The zero-order valence-corrected chi connectivity index (χ0v) is 11.6. The second kappa shape index (κ2) is 6.61. The standard InChI is InChI=1S/C13H19ClN2O2/c1-8(2)7-18-9(3)13(17)16-12-6-10(14)4-5-11(12)15/h4-6,8-9H,7,15H2,1-3H3,(H,16,17). The molecule has 1 rings (SSSR count). The summed E-state index contributed by atoms with van der Waals surface area (Å²) in [5.41, 5.74) is 6.73. The van der Waals surface area contributed by atoms with Gasteiger partial charge in [0, 0.05) is 11.6 Å². The number of rotatable bonds is 5. The minimum atomic E-state index is -0.522. The van der Waals surface area contributed by atoms with Crippen LogP contribution in [0.1, 0.15) is 20.8 Å². The zero-order valence-electron chi connectivity index (χ0n) is 10.9. The number of benzene rings is 1. The maximum absolute atomic E-state index is 11.9. The summed E-state index contributed by atoms with van der Waals surface area (Å²) in [6, 6.07) is 4.94. The van der Waals surface area contributed by atoms with Crippen LogP contribution in [0.2, 0.25) is 5.02 Å². The number of halogens is 1. The summed E-state index contributed by atoms with van der Waals surface area (Å²) >= 11 is 5.84. The number of amides is 1. The van der Waals surface area contributed by atoms with Crippen molar-refractivity contribution in [2.75, 3.05) is 17.7 Å². The summed E-state index contributed by atoms with van der Waals surface area (Å²) < 4.78 is 5.42. The molecular formula is C13H19ClN2O2. The first-order valence-electron chi connectivity index (χ1n) is 5.87. The van der Waals surface area contributed by atoms with Crippen molar-refractivity contribution >= 4 is 28.9 Å². The van der Waals surface area contributed by atoms with Crippen molar-refractivity contribution in [3.8, 4) is 0 Å². The van der Waals surface area contributed by atoms with Crippen molar-refractivity contribution in [3.63, 3.8) is 0 Å². The Kier molecular flexibility index (Phi) is 5.44. The molecule has 0 bridgehead atoms. The van der Waals surface area contributed by atoms with Gasteiger partial charge in [0.15, 0.2) is 0 Å². The van der Waals surface area contributed by atoms with Gasteiger partial charge in [-0.05, 0) is 31.0 Å². The highest BCUT2D eigenvalue weighted by molar-refractivity contribution is 6.31. The molecule has 1 aromatic carbocycles. The van der Waals surface area contributed by atoms with Gasteiger partial charge in [-0.2, -0.15) is 0 Å². The minimum absolute atomic E-state index is 0.232. The van der Waals surface area contributed by atoms with E-state index in [0.29, 0.717) is 28.9 Å². The van der Waals surface area contributed by atoms with E-state index in [4.69, 9.17) is 22.1 Å². The van der Waals surface area contributed by atoms with E-state index in [2.05, 4.69) is 5.32 Å². The van der Waals surface area contributed by atoms with Crippen LogP contribution in [0.4, 0.5) is 11.4 Å². The Morgan fingerprint density at radius 3 is 2.72 bits per heavy atom. The van der Waals surface area contributed by atoms with Crippen LogP contribution in [-0.2, 0) is 9.53 Å². The molecule has 0 aromatic heterocycles. The lowest BCUT2D eigenvalue weighted by Gasteiger charge is -2.15. The predicted octanol–water partition coefficient (Wildman–Crippen LogP) is 2.92. The molecule has 0 saturated heterocycles. The lowest BCUT2D eigenvalue weighted by molar-refractivity contribution is -0.126. The number of nitrogen functional groups attached to an aromatic ring is 1. The molecular weight excluding hydrogens is 252 g/mol. The topological polar surface area (TPSA) is 64.3 Å². The fourth-order valence-corrected chi connectivity index (χ4v) is 1.46. The summed E-state index contributed by atoms with van der Waals surface area (Å²) in [7, 11) is 0. The Morgan fingerprint density at radius 2 is 2.11 bits per heavy atom. The molecule has 0 aliphatic carbocycles. The van der Waals surface area contributed by atoms with Gasteiger partial charge in [0.25, 0.3) is 5.91 Å². The highest BCUT2D eigenvalue weighted by Crippen LogP contribution is 2.23. The molecule has 18 heavy (non-hydrogen) atoms. The smallest absolute Gasteiger partial charge is 0.253 e. The number of carbonyl (C=O) groups is 1. The summed E-state index contributed by atoms with van der Waals surface area (Å²) in [4.78, 5) is 11.9. The normalized spacial score (nSPS) is 12.5. The highest BCUT2D eigenvalue weighted by Gasteiger charge is 2.15. The van der Waals surface area contributed by atoms with Crippen molar-refractivity contribution in [2.24, 2.45) is 5.92 Å². The van der Waals surface area contributed by atoms with E-state index in [0.717, 1.165) is 0 Å². The second-order valence-corrected chi connectivity index (χ2v) is 5.03. The molecule has 1 atom stereocenters. The number of hydrogen-bond donors (Lipinski definition) is 2. The van der Waals surface area contributed by atoms with E-state index in [9.17, 15) is 4.79 Å². The summed E-state index contributed by atoms with van der Waals surface area (Å²) in [6.07, 6.45) is -0.522. The molecule has 1 aromatic rings. The van der Waals surface area contributed by atoms with E-state index >= 15 is 0 Å². The number of nitrogens with two attached hydrogens (primary N) is 1. The number of anilines is 2. The molecule has 100 valence electrons. The molecule has 0 saturated carbocycles.